The molecular formula is C21H21FN2O4S. The van der Waals surface area contributed by atoms with E-state index in [1.165, 1.54) is 17.4 Å². The molecule has 0 unspecified atom stereocenters. The zero-order valence-electron chi connectivity index (χ0n) is 16.2. The topological polar surface area (TPSA) is 60.9 Å². The second-order valence-electron chi connectivity index (χ2n) is 6.75. The molecule has 3 aromatic rings. The van der Waals surface area contributed by atoms with Gasteiger partial charge in [0.25, 0.3) is 11.1 Å². The van der Waals surface area contributed by atoms with E-state index in [2.05, 4.69) is 4.98 Å². The van der Waals surface area contributed by atoms with Crippen molar-refractivity contribution in [3.63, 3.8) is 0 Å². The van der Waals surface area contributed by atoms with Crippen molar-refractivity contribution in [3.8, 4) is 16.7 Å². The number of aromatic nitrogens is 1. The molecule has 4 rings (SSSR count). The van der Waals surface area contributed by atoms with Crippen LogP contribution < -0.4 is 14.2 Å². The van der Waals surface area contributed by atoms with Gasteiger partial charge in [-0.2, -0.15) is 4.98 Å². The molecule has 1 aromatic heterocycles. The minimum atomic E-state index is -0.344. The SMILES string of the molecule is COc1ccc(C(=O)N2CCC(Oc3nc4c(F)cccc4s3)CC2)cc1OC. The highest BCUT2D eigenvalue weighted by Gasteiger charge is 2.26. The smallest absolute Gasteiger partial charge is 0.274 e. The zero-order chi connectivity index (χ0) is 20.4. The Balaban J connectivity index is 1.38. The number of nitrogens with zero attached hydrogens (tertiary/aromatic N) is 2. The van der Waals surface area contributed by atoms with Crippen LogP contribution in [0.1, 0.15) is 23.2 Å². The van der Waals surface area contributed by atoms with Gasteiger partial charge in [-0.3, -0.25) is 4.79 Å². The van der Waals surface area contributed by atoms with E-state index in [4.69, 9.17) is 14.2 Å². The number of benzene rings is 2. The highest BCUT2D eigenvalue weighted by molar-refractivity contribution is 7.20. The number of rotatable bonds is 5. The maximum Gasteiger partial charge on any atom is 0.274 e. The Bertz CT molecular complexity index is 1030. The van der Waals surface area contributed by atoms with Crippen LogP contribution in [-0.4, -0.2) is 49.2 Å². The van der Waals surface area contributed by atoms with E-state index in [0.717, 1.165) is 4.70 Å². The van der Waals surface area contributed by atoms with E-state index >= 15 is 0 Å². The van der Waals surface area contributed by atoms with Crippen LogP contribution in [0.15, 0.2) is 36.4 Å². The predicted molar refractivity (Wildman–Crippen MR) is 109 cm³/mol. The van der Waals surface area contributed by atoms with Gasteiger partial charge in [-0.05, 0) is 30.3 Å². The third-order valence-electron chi connectivity index (χ3n) is 4.98. The number of halogens is 1. The van der Waals surface area contributed by atoms with Gasteiger partial charge in [0.1, 0.15) is 17.4 Å². The lowest BCUT2D eigenvalue weighted by atomic mass is 10.1. The Morgan fingerprint density at radius 2 is 1.90 bits per heavy atom. The van der Waals surface area contributed by atoms with Crippen LogP contribution >= 0.6 is 11.3 Å². The van der Waals surface area contributed by atoms with Crippen molar-refractivity contribution in [3.05, 3.63) is 47.8 Å². The van der Waals surface area contributed by atoms with Crippen LogP contribution in [-0.2, 0) is 0 Å². The molecule has 1 saturated heterocycles. The predicted octanol–water partition coefficient (Wildman–Crippen LogP) is 4.14. The van der Waals surface area contributed by atoms with Crippen molar-refractivity contribution in [2.45, 2.75) is 18.9 Å². The Kier molecular flexibility index (Phi) is 5.53. The Hall–Kier alpha value is -2.87. The van der Waals surface area contributed by atoms with E-state index < -0.39 is 0 Å². The summed E-state index contributed by atoms with van der Waals surface area (Å²) in [6, 6.07) is 10.0. The molecular weight excluding hydrogens is 395 g/mol. The van der Waals surface area contributed by atoms with Crippen LogP contribution in [0, 0.1) is 5.82 Å². The zero-order valence-corrected chi connectivity index (χ0v) is 17.0. The van der Waals surface area contributed by atoms with Crippen LogP contribution in [0.3, 0.4) is 0 Å². The number of para-hydroxylation sites is 1. The number of likely N-dealkylation sites (tertiary alicyclic amines) is 1. The average Bonchev–Trinajstić information content (AvgIpc) is 3.17. The molecule has 1 aliphatic heterocycles. The fourth-order valence-electron chi connectivity index (χ4n) is 3.42. The summed E-state index contributed by atoms with van der Waals surface area (Å²) >= 11 is 1.34. The largest absolute Gasteiger partial charge is 0.493 e. The maximum atomic E-state index is 13.8. The van der Waals surface area contributed by atoms with Crippen LogP contribution in [0.2, 0.25) is 0 Å². The Morgan fingerprint density at radius 1 is 1.14 bits per heavy atom. The van der Waals surface area contributed by atoms with Crippen LogP contribution in [0.4, 0.5) is 4.39 Å². The van der Waals surface area contributed by atoms with Gasteiger partial charge in [-0.25, -0.2) is 4.39 Å². The molecule has 29 heavy (non-hydrogen) atoms. The molecule has 2 heterocycles. The number of piperidine rings is 1. The molecule has 0 aliphatic carbocycles. The van der Waals surface area contributed by atoms with Gasteiger partial charge in [0.15, 0.2) is 11.5 Å². The summed E-state index contributed by atoms with van der Waals surface area (Å²) in [5, 5.41) is 0.467. The molecule has 152 valence electrons. The van der Waals surface area contributed by atoms with E-state index in [-0.39, 0.29) is 17.8 Å². The summed E-state index contributed by atoms with van der Waals surface area (Å²) < 4.78 is 31.0. The van der Waals surface area contributed by atoms with E-state index in [0.29, 0.717) is 53.7 Å². The molecule has 0 spiro atoms. The van der Waals surface area contributed by atoms with Crippen molar-refractivity contribution < 1.29 is 23.4 Å². The Labute approximate surface area is 171 Å². The van der Waals surface area contributed by atoms with Gasteiger partial charge >= 0.3 is 0 Å². The number of hydrogen-bond acceptors (Lipinski definition) is 6. The first kappa shape index (κ1) is 19.4. The minimum absolute atomic E-state index is 0.0481. The monoisotopic (exact) mass is 416 g/mol. The number of hydrogen-bond donors (Lipinski definition) is 0. The summed E-state index contributed by atoms with van der Waals surface area (Å²) in [6.07, 6.45) is 1.34. The minimum Gasteiger partial charge on any atom is -0.493 e. The van der Waals surface area contributed by atoms with Crippen molar-refractivity contribution in [2.24, 2.45) is 0 Å². The summed E-state index contributed by atoms with van der Waals surface area (Å²) in [5.41, 5.74) is 0.900. The first-order valence-electron chi connectivity index (χ1n) is 9.32. The van der Waals surface area contributed by atoms with E-state index in [1.54, 1.807) is 43.4 Å². The number of amides is 1. The van der Waals surface area contributed by atoms with Gasteiger partial charge in [0, 0.05) is 31.5 Å². The molecule has 0 bridgehead atoms. The Morgan fingerprint density at radius 3 is 2.59 bits per heavy atom. The number of carbonyl (C=O) groups is 1. The number of carbonyl (C=O) groups excluding carboxylic acids is 1. The quantitative estimate of drug-likeness (QED) is 0.626. The fraction of sp³-hybridized carbons (Fsp3) is 0.333. The first-order chi connectivity index (χ1) is 14.1. The molecule has 0 atom stereocenters. The number of methoxy groups -OCH3 is 2. The normalized spacial score (nSPS) is 14.8. The highest BCUT2D eigenvalue weighted by Crippen LogP contribution is 2.32. The van der Waals surface area contributed by atoms with Gasteiger partial charge < -0.3 is 19.1 Å². The summed E-state index contributed by atoms with van der Waals surface area (Å²) in [7, 11) is 3.10. The fourth-order valence-corrected chi connectivity index (χ4v) is 4.31. The van der Waals surface area contributed by atoms with Gasteiger partial charge in [0.2, 0.25) is 0 Å². The van der Waals surface area contributed by atoms with E-state index in [1.807, 2.05) is 6.07 Å². The second-order valence-corrected chi connectivity index (χ2v) is 7.74. The summed E-state index contributed by atoms with van der Waals surface area (Å²) in [4.78, 5) is 18.9. The maximum absolute atomic E-state index is 13.8. The molecule has 0 radical (unpaired) electrons. The lowest BCUT2D eigenvalue weighted by molar-refractivity contribution is 0.0595. The molecule has 2 aromatic carbocycles. The number of ether oxygens (including phenoxy) is 3. The molecule has 1 aliphatic rings. The van der Waals surface area contributed by atoms with Crippen LogP contribution in [0.5, 0.6) is 16.7 Å². The standard InChI is InChI=1S/C21H21FN2O4S/c1-26-16-7-6-13(12-17(16)27-2)20(25)24-10-8-14(9-11-24)28-21-23-19-15(22)4-3-5-18(19)29-21/h3-7,12,14H,8-11H2,1-2H3. The number of thiazole rings is 1. The van der Waals surface area contributed by atoms with Gasteiger partial charge in [-0.1, -0.05) is 17.4 Å². The molecule has 0 N–H and O–H groups in total. The van der Waals surface area contributed by atoms with Crippen molar-refractivity contribution >= 4 is 27.5 Å². The summed E-state index contributed by atoms with van der Waals surface area (Å²) in [6.45, 7) is 1.16. The highest BCUT2D eigenvalue weighted by atomic mass is 32.1. The third kappa shape index (κ3) is 3.98. The molecule has 0 saturated carbocycles. The lowest BCUT2D eigenvalue weighted by Gasteiger charge is -2.31. The molecule has 1 fully saturated rings. The third-order valence-corrected chi connectivity index (χ3v) is 5.89. The van der Waals surface area contributed by atoms with Crippen molar-refractivity contribution in [2.75, 3.05) is 27.3 Å². The first-order valence-corrected chi connectivity index (χ1v) is 10.1. The average molecular weight is 416 g/mol. The molecule has 1 amide bonds. The second kappa shape index (κ2) is 8.24. The van der Waals surface area contributed by atoms with Crippen molar-refractivity contribution in [1.29, 1.82) is 0 Å². The van der Waals surface area contributed by atoms with E-state index in [9.17, 15) is 9.18 Å². The molecule has 8 heteroatoms. The number of fused-ring (bicyclic) bond motifs is 1. The molecule has 6 nitrogen and oxygen atoms in total. The lowest BCUT2D eigenvalue weighted by Crippen LogP contribution is -2.41. The van der Waals surface area contributed by atoms with Crippen molar-refractivity contribution in [1.82, 2.24) is 9.88 Å². The van der Waals surface area contributed by atoms with Gasteiger partial charge in [-0.15, -0.1) is 0 Å². The van der Waals surface area contributed by atoms with Crippen LogP contribution in [0.25, 0.3) is 10.2 Å². The van der Waals surface area contributed by atoms with Gasteiger partial charge in [0.05, 0.1) is 18.9 Å². The summed E-state index contributed by atoms with van der Waals surface area (Å²) in [5.74, 6) is 0.721.